The molecule has 1 aromatic carbocycles. The molecule has 0 saturated heterocycles. The van der Waals surface area contributed by atoms with Crippen molar-refractivity contribution in [3.8, 4) is 0 Å². The summed E-state index contributed by atoms with van der Waals surface area (Å²) in [4.78, 5) is 0. The van der Waals surface area contributed by atoms with E-state index in [1.807, 2.05) is 0 Å². The molecule has 110 valence electrons. The Kier molecular flexibility index (Phi) is 5.66. The van der Waals surface area contributed by atoms with E-state index >= 15 is 0 Å². The van der Waals surface area contributed by atoms with Gasteiger partial charge in [0.15, 0.2) is 0 Å². The van der Waals surface area contributed by atoms with Crippen LogP contribution in [0.2, 0.25) is 0 Å². The molecule has 2 heteroatoms. The molecule has 0 saturated carbocycles. The van der Waals surface area contributed by atoms with E-state index in [0.717, 1.165) is 25.6 Å². The number of fused-ring (bicyclic) bond motifs is 1. The van der Waals surface area contributed by atoms with Crippen molar-refractivity contribution in [1.29, 1.82) is 0 Å². The summed E-state index contributed by atoms with van der Waals surface area (Å²) in [6.45, 7) is 10.1. The van der Waals surface area contributed by atoms with Gasteiger partial charge >= 0.3 is 0 Å². The van der Waals surface area contributed by atoms with Crippen LogP contribution in [0.25, 0.3) is 10.9 Å². The molecule has 20 heavy (non-hydrogen) atoms. The molecule has 0 spiro atoms. The lowest BCUT2D eigenvalue weighted by Crippen LogP contribution is -2.14. The van der Waals surface area contributed by atoms with Crippen LogP contribution in [-0.2, 0) is 13.0 Å². The minimum absolute atomic E-state index is 0.736. The number of hydrogen-bond acceptors (Lipinski definition) is 1. The minimum Gasteiger partial charge on any atom is -0.347 e. The van der Waals surface area contributed by atoms with Crippen molar-refractivity contribution in [2.75, 3.05) is 13.1 Å². The number of aromatic nitrogens is 1. The van der Waals surface area contributed by atoms with Crippen LogP contribution >= 0.6 is 0 Å². The Morgan fingerprint density at radius 1 is 1.20 bits per heavy atom. The van der Waals surface area contributed by atoms with E-state index in [1.54, 1.807) is 0 Å². The van der Waals surface area contributed by atoms with Crippen LogP contribution in [0.4, 0.5) is 0 Å². The molecule has 1 N–H and O–H groups in total. The lowest BCUT2D eigenvalue weighted by Gasteiger charge is -2.10. The molecule has 0 amide bonds. The highest BCUT2D eigenvalue weighted by atomic mass is 15.0. The van der Waals surface area contributed by atoms with Crippen molar-refractivity contribution in [2.24, 2.45) is 5.92 Å². The van der Waals surface area contributed by atoms with Gasteiger partial charge < -0.3 is 9.88 Å². The third-order valence-electron chi connectivity index (χ3n) is 4.13. The monoisotopic (exact) mass is 272 g/mol. The first-order chi connectivity index (χ1) is 9.76. The van der Waals surface area contributed by atoms with Gasteiger partial charge in [-0.1, -0.05) is 45.4 Å². The Morgan fingerprint density at radius 2 is 2.00 bits per heavy atom. The van der Waals surface area contributed by atoms with Crippen LogP contribution in [-0.4, -0.2) is 17.7 Å². The molecule has 2 rings (SSSR count). The third kappa shape index (κ3) is 3.63. The van der Waals surface area contributed by atoms with E-state index < -0.39 is 0 Å². The Morgan fingerprint density at radius 3 is 2.75 bits per heavy atom. The molecule has 0 bridgehead atoms. The van der Waals surface area contributed by atoms with Crippen molar-refractivity contribution in [1.82, 2.24) is 9.88 Å². The second kappa shape index (κ2) is 7.49. The fourth-order valence-corrected chi connectivity index (χ4v) is 2.72. The van der Waals surface area contributed by atoms with E-state index in [1.165, 1.54) is 35.7 Å². The summed E-state index contributed by atoms with van der Waals surface area (Å²) in [6.07, 6.45) is 6.00. The van der Waals surface area contributed by atoms with E-state index in [9.17, 15) is 0 Å². The molecule has 2 nitrogen and oxygen atoms in total. The Bertz CT molecular complexity index is 527. The van der Waals surface area contributed by atoms with Gasteiger partial charge in [0, 0.05) is 23.6 Å². The summed E-state index contributed by atoms with van der Waals surface area (Å²) in [7, 11) is 0. The standard InChI is InChI=1S/C18H28N2/c1-4-15(3)13-20-14-16(9-8-12-19-5-2)17-10-6-7-11-18(17)20/h6-7,10-11,14-15,19H,4-5,8-9,12-13H2,1-3H3. The molecule has 1 heterocycles. The fourth-order valence-electron chi connectivity index (χ4n) is 2.72. The van der Waals surface area contributed by atoms with Gasteiger partial charge in [0.1, 0.15) is 0 Å². The number of rotatable bonds is 8. The van der Waals surface area contributed by atoms with Crippen LogP contribution in [0.1, 0.15) is 39.2 Å². The average Bonchev–Trinajstić information content (AvgIpc) is 2.82. The molecule has 0 fully saturated rings. The molecule has 1 aromatic heterocycles. The molecule has 0 aliphatic rings. The third-order valence-corrected chi connectivity index (χ3v) is 4.13. The maximum atomic E-state index is 3.41. The highest BCUT2D eigenvalue weighted by Crippen LogP contribution is 2.23. The summed E-state index contributed by atoms with van der Waals surface area (Å²) >= 11 is 0. The molecule has 1 atom stereocenters. The van der Waals surface area contributed by atoms with E-state index in [0.29, 0.717) is 0 Å². The topological polar surface area (TPSA) is 17.0 Å². The summed E-state index contributed by atoms with van der Waals surface area (Å²) < 4.78 is 2.45. The van der Waals surface area contributed by atoms with E-state index in [-0.39, 0.29) is 0 Å². The lowest BCUT2D eigenvalue weighted by atomic mass is 10.1. The Balaban J connectivity index is 2.17. The number of para-hydroxylation sites is 1. The van der Waals surface area contributed by atoms with Gasteiger partial charge in [-0.3, -0.25) is 0 Å². The SMILES string of the molecule is CCNCCCc1cn(CC(C)CC)c2ccccc12. The molecule has 2 aromatic rings. The number of hydrogen-bond donors (Lipinski definition) is 1. The van der Waals surface area contributed by atoms with Crippen molar-refractivity contribution < 1.29 is 0 Å². The first-order valence-electron chi connectivity index (χ1n) is 8.03. The quantitative estimate of drug-likeness (QED) is 0.712. The molecule has 0 radical (unpaired) electrons. The van der Waals surface area contributed by atoms with Crippen molar-refractivity contribution in [3.05, 3.63) is 36.0 Å². The minimum atomic E-state index is 0.736. The number of aryl methyl sites for hydroxylation is 1. The summed E-state index contributed by atoms with van der Waals surface area (Å²) in [5, 5.41) is 4.85. The van der Waals surface area contributed by atoms with E-state index in [2.05, 4.69) is 61.1 Å². The van der Waals surface area contributed by atoms with Crippen LogP contribution in [0.5, 0.6) is 0 Å². The predicted octanol–water partition coefficient (Wildman–Crippen LogP) is 4.23. The molecule has 0 aliphatic heterocycles. The predicted molar refractivity (Wildman–Crippen MR) is 88.3 cm³/mol. The molecule has 1 unspecified atom stereocenters. The number of nitrogens with one attached hydrogen (secondary N) is 1. The first-order valence-corrected chi connectivity index (χ1v) is 8.03. The Hall–Kier alpha value is -1.28. The lowest BCUT2D eigenvalue weighted by molar-refractivity contribution is 0.477. The second-order valence-corrected chi connectivity index (χ2v) is 5.79. The summed E-state index contributed by atoms with van der Waals surface area (Å²) in [6, 6.07) is 8.83. The van der Waals surface area contributed by atoms with Gasteiger partial charge in [0.2, 0.25) is 0 Å². The van der Waals surface area contributed by atoms with Gasteiger partial charge in [-0.05, 0) is 43.5 Å². The van der Waals surface area contributed by atoms with Crippen molar-refractivity contribution >= 4 is 10.9 Å². The van der Waals surface area contributed by atoms with Crippen molar-refractivity contribution in [3.63, 3.8) is 0 Å². The van der Waals surface area contributed by atoms with Crippen LogP contribution in [0, 0.1) is 5.92 Å². The zero-order chi connectivity index (χ0) is 14.4. The zero-order valence-electron chi connectivity index (χ0n) is 13.2. The van der Waals surface area contributed by atoms with Crippen molar-refractivity contribution in [2.45, 2.75) is 46.6 Å². The van der Waals surface area contributed by atoms with Gasteiger partial charge in [0.05, 0.1) is 0 Å². The number of nitrogens with zero attached hydrogens (tertiary/aromatic N) is 1. The average molecular weight is 272 g/mol. The first kappa shape index (κ1) is 15.1. The van der Waals surface area contributed by atoms with E-state index in [4.69, 9.17) is 0 Å². The summed E-state index contributed by atoms with van der Waals surface area (Å²) in [5.74, 6) is 0.736. The largest absolute Gasteiger partial charge is 0.347 e. The fraction of sp³-hybridized carbons (Fsp3) is 0.556. The van der Waals surface area contributed by atoms with Crippen LogP contribution in [0.3, 0.4) is 0 Å². The molecular formula is C18H28N2. The normalized spacial score (nSPS) is 12.9. The molecule has 0 aliphatic carbocycles. The molecular weight excluding hydrogens is 244 g/mol. The van der Waals surface area contributed by atoms with Gasteiger partial charge in [0.25, 0.3) is 0 Å². The Labute approximate surface area is 123 Å². The maximum Gasteiger partial charge on any atom is 0.0483 e. The highest BCUT2D eigenvalue weighted by molar-refractivity contribution is 5.84. The zero-order valence-corrected chi connectivity index (χ0v) is 13.2. The second-order valence-electron chi connectivity index (χ2n) is 5.79. The highest BCUT2D eigenvalue weighted by Gasteiger charge is 2.09. The summed E-state index contributed by atoms with van der Waals surface area (Å²) in [5.41, 5.74) is 2.90. The van der Waals surface area contributed by atoms with Crippen LogP contribution < -0.4 is 5.32 Å². The van der Waals surface area contributed by atoms with Gasteiger partial charge in [-0.15, -0.1) is 0 Å². The smallest absolute Gasteiger partial charge is 0.0483 e. The number of benzene rings is 1. The van der Waals surface area contributed by atoms with Gasteiger partial charge in [-0.2, -0.15) is 0 Å². The maximum absolute atomic E-state index is 3.41. The van der Waals surface area contributed by atoms with Gasteiger partial charge in [-0.25, -0.2) is 0 Å². The van der Waals surface area contributed by atoms with Crippen LogP contribution in [0.15, 0.2) is 30.5 Å².